The molecule has 0 saturated carbocycles. The fraction of sp³-hybridized carbons (Fsp3) is 0.529. The van der Waals surface area contributed by atoms with Crippen molar-refractivity contribution in [3.63, 3.8) is 0 Å². The number of amides is 2. The number of benzene rings is 1. The Kier molecular flexibility index (Phi) is 5.99. The van der Waals surface area contributed by atoms with E-state index >= 15 is 0 Å². The van der Waals surface area contributed by atoms with Gasteiger partial charge in [0.25, 0.3) is 0 Å². The van der Waals surface area contributed by atoms with E-state index in [1.165, 1.54) is 4.90 Å². The second kappa shape index (κ2) is 7.62. The van der Waals surface area contributed by atoms with Crippen LogP contribution in [-0.2, 0) is 16.1 Å². The molecule has 0 aromatic heterocycles. The monoisotopic (exact) mass is 372 g/mol. The molecule has 1 aromatic carbocycles. The number of hydrogen-bond donors (Lipinski definition) is 1. The quantitative estimate of drug-likeness (QED) is 0.871. The number of halogens is 2. The van der Waals surface area contributed by atoms with Gasteiger partial charge in [-0.3, -0.25) is 9.69 Å². The number of carbonyl (C=O) groups excluding carboxylic acids is 2. The van der Waals surface area contributed by atoms with E-state index in [1.807, 2.05) is 0 Å². The summed E-state index contributed by atoms with van der Waals surface area (Å²) in [5, 5.41) is 3.76. The molecule has 1 fully saturated rings. The number of nitrogens with zero attached hydrogens (tertiary/aromatic N) is 1. The first-order valence-electron chi connectivity index (χ1n) is 7.88. The van der Waals surface area contributed by atoms with Crippen molar-refractivity contribution in [3.8, 4) is 0 Å². The minimum Gasteiger partial charge on any atom is -0.444 e. The van der Waals surface area contributed by atoms with E-state index < -0.39 is 17.7 Å². The predicted molar refractivity (Wildman–Crippen MR) is 94.3 cm³/mol. The van der Waals surface area contributed by atoms with Gasteiger partial charge in [-0.15, -0.1) is 0 Å². The molecule has 24 heavy (non-hydrogen) atoms. The summed E-state index contributed by atoms with van der Waals surface area (Å²) in [4.78, 5) is 26.2. The van der Waals surface area contributed by atoms with Crippen molar-refractivity contribution >= 4 is 35.2 Å². The highest BCUT2D eigenvalue weighted by atomic mass is 35.5. The van der Waals surface area contributed by atoms with Crippen LogP contribution in [0.2, 0.25) is 10.0 Å². The Balaban J connectivity index is 1.95. The normalized spacial score (nSPS) is 17.7. The fourth-order valence-electron chi connectivity index (χ4n) is 2.53. The van der Waals surface area contributed by atoms with Gasteiger partial charge in [0, 0.05) is 13.1 Å². The van der Waals surface area contributed by atoms with Crippen LogP contribution in [0.15, 0.2) is 18.2 Å². The Hall–Kier alpha value is -1.46. The van der Waals surface area contributed by atoms with Crippen molar-refractivity contribution in [1.29, 1.82) is 0 Å². The summed E-state index contributed by atoms with van der Waals surface area (Å²) in [6, 6.07) is 4.70. The SMILES string of the molecule is CC(C)(C)OC(=O)N1CCC[C@H]1C(=O)NCc1ccc(Cl)c(Cl)c1. The van der Waals surface area contributed by atoms with Crippen LogP contribution in [0.3, 0.4) is 0 Å². The summed E-state index contributed by atoms with van der Waals surface area (Å²) >= 11 is 11.8. The highest BCUT2D eigenvalue weighted by Crippen LogP contribution is 2.23. The summed E-state index contributed by atoms with van der Waals surface area (Å²) in [7, 11) is 0. The highest BCUT2D eigenvalue weighted by Gasteiger charge is 2.36. The Bertz CT molecular complexity index is 629. The maximum absolute atomic E-state index is 12.4. The average molecular weight is 373 g/mol. The van der Waals surface area contributed by atoms with Gasteiger partial charge < -0.3 is 10.1 Å². The van der Waals surface area contributed by atoms with Gasteiger partial charge >= 0.3 is 6.09 Å². The average Bonchev–Trinajstić information content (AvgIpc) is 2.96. The number of hydrogen-bond acceptors (Lipinski definition) is 3. The molecule has 1 aliphatic rings. The van der Waals surface area contributed by atoms with Crippen LogP contribution in [0.1, 0.15) is 39.2 Å². The molecule has 0 aliphatic carbocycles. The molecule has 0 bridgehead atoms. The zero-order chi connectivity index (χ0) is 17.9. The largest absolute Gasteiger partial charge is 0.444 e. The summed E-state index contributed by atoms with van der Waals surface area (Å²) in [5.74, 6) is -0.190. The maximum Gasteiger partial charge on any atom is 0.410 e. The lowest BCUT2D eigenvalue weighted by Gasteiger charge is -2.28. The molecule has 7 heteroatoms. The molecule has 1 N–H and O–H groups in total. The molecule has 0 radical (unpaired) electrons. The van der Waals surface area contributed by atoms with Crippen LogP contribution in [0, 0.1) is 0 Å². The predicted octanol–water partition coefficient (Wildman–Crippen LogP) is 4.01. The van der Waals surface area contributed by atoms with Gasteiger partial charge in [0.15, 0.2) is 0 Å². The molecule has 132 valence electrons. The van der Waals surface area contributed by atoms with E-state index in [9.17, 15) is 9.59 Å². The van der Waals surface area contributed by atoms with Crippen LogP contribution < -0.4 is 5.32 Å². The van der Waals surface area contributed by atoms with Crippen LogP contribution in [0.25, 0.3) is 0 Å². The summed E-state index contributed by atoms with van der Waals surface area (Å²) < 4.78 is 5.37. The van der Waals surface area contributed by atoms with Crippen molar-refractivity contribution in [2.24, 2.45) is 0 Å². The second-order valence-corrected chi connectivity index (χ2v) is 7.61. The van der Waals surface area contributed by atoms with Crippen molar-refractivity contribution in [2.75, 3.05) is 6.54 Å². The van der Waals surface area contributed by atoms with E-state index in [1.54, 1.807) is 39.0 Å². The van der Waals surface area contributed by atoms with Gasteiger partial charge in [-0.1, -0.05) is 29.3 Å². The number of ether oxygens (including phenoxy) is 1. The van der Waals surface area contributed by atoms with E-state index in [0.717, 1.165) is 12.0 Å². The van der Waals surface area contributed by atoms with E-state index in [0.29, 0.717) is 29.6 Å². The second-order valence-electron chi connectivity index (χ2n) is 6.80. The van der Waals surface area contributed by atoms with Gasteiger partial charge in [-0.05, 0) is 51.3 Å². The molecule has 1 saturated heterocycles. The molecule has 5 nitrogen and oxygen atoms in total. The third-order valence-corrected chi connectivity index (χ3v) is 4.37. The third-order valence-electron chi connectivity index (χ3n) is 3.63. The maximum atomic E-state index is 12.4. The van der Waals surface area contributed by atoms with E-state index in [-0.39, 0.29) is 5.91 Å². The van der Waals surface area contributed by atoms with Crippen LogP contribution >= 0.6 is 23.2 Å². The van der Waals surface area contributed by atoms with Gasteiger partial charge in [0.1, 0.15) is 11.6 Å². The first-order chi connectivity index (χ1) is 11.2. The number of likely N-dealkylation sites (tertiary alicyclic amines) is 1. The molecular formula is C17H22Cl2N2O3. The summed E-state index contributed by atoms with van der Waals surface area (Å²) in [6.07, 6.45) is 0.964. The lowest BCUT2D eigenvalue weighted by atomic mass is 10.2. The number of rotatable bonds is 3. The highest BCUT2D eigenvalue weighted by molar-refractivity contribution is 6.42. The molecule has 1 atom stereocenters. The van der Waals surface area contributed by atoms with Gasteiger partial charge in [0.2, 0.25) is 5.91 Å². The van der Waals surface area contributed by atoms with Crippen molar-refractivity contribution in [3.05, 3.63) is 33.8 Å². The summed E-state index contributed by atoms with van der Waals surface area (Å²) in [5.41, 5.74) is 0.264. The number of carbonyl (C=O) groups is 2. The smallest absolute Gasteiger partial charge is 0.410 e. The van der Waals surface area contributed by atoms with E-state index in [4.69, 9.17) is 27.9 Å². The molecule has 0 spiro atoms. The first-order valence-corrected chi connectivity index (χ1v) is 8.64. The van der Waals surface area contributed by atoms with Gasteiger partial charge in [0.05, 0.1) is 10.0 Å². The zero-order valence-electron chi connectivity index (χ0n) is 14.1. The van der Waals surface area contributed by atoms with E-state index in [2.05, 4.69) is 5.32 Å². The zero-order valence-corrected chi connectivity index (χ0v) is 15.6. The van der Waals surface area contributed by atoms with Crippen LogP contribution in [0.4, 0.5) is 4.79 Å². The molecule has 0 unspecified atom stereocenters. The lowest BCUT2D eigenvalue weighted by Crippen LogP contribution is -2.47. The first kappa shape index (κ1) is 18.9. The Morgan fingerprint density at radius 2 is 2.00 bits per heavy atom. The summed E-state index contributed by atoms with van der Waals surface area (Å²) in [6.45, 7) is 6.27. The third kappa shape index (κ3) is 5.02. The fourth-order valence-corrected chi connectivity index (χ4v) is 2.86. The minimum absolute atomic E-state index is 0.190. The number of nitrogens with one attached hydrogen (secondary N) is 1. The van der Waals surface area contributed by atoms with Crippen molar-refractivity contribution in [2.45, 2.75) is 51.8 Å². The van der Waals surface area contributed by atoms with Gasteiger partial charge in [-0.2, -0.15) is 0 Å². The molecule has 2 amide bonds. The van der Waals surface area contributed by atoms with Gasteiger partial charge in [-0.25, -0.2) is 4.79 Å². The van der Waals surface area contributed by atoms with Crippen molar-refractivity contribution in [1.82, 2.24) is 10.2 Å². The minimum atomic E-state index is -0.583. The van der Waals surface area contributed by atoms with Crippen LogP contribution in [0.5, 0.6) is 0 Å². The lowest BCUT2D eigenvalue weighted by molar-refractivity contribution is -0.125. The Morgan fingerprint density at radius 3 is 2.62 bits per heavy atom. The van der Waals surface area contributed by atoms with Crippen LogP contribution in [-0.4, -0.2) is 35.1 Å². The topological polar surface area (TPSA) is 58.6 Å². The van der Waals surface area contributed by atoms with Crippen molar-refractivity contribution < 1.29 is 14.3 Å². The molecule has 2 rings (SSSR count). The Morgan fingerprint density at radius 1 is 1.29 bits per heavy atom. The molecule has 1 aromatic rings. The Labute approximate surface area is 152 Å². The molecular weight excluding hydrogens is 351 g/mol. The molecule has 1 aliphatic heterocycles. The standard InChI is InChI=1S/C17H22Cl2N2O3/c1-17(2,3)24-16(23)21-8-4-5-14(21)15(22)20-10-11-6-7-12(18)13(19)9-11/h6-7,9,14H,4-5,8,10H2,1-3H3,(H,20,22)/t14-/m0/s1. The molecule has 1 heterocycles.